The molecule has 0 aliphatic rings. The van der Waals surface area contributed by atoms with Crippen LogP contribution in [0.1, 0.15) is 22.5 Å². The van der Waals surface area contributed by atoms with Crippen LogP contribution in [-0.4, -0.2) is 12.1 Å². The molecule has 1 heterocycles. The molecule has 0 atom stereocenters. The van der Waals surface area contributed by atoms with Gasteiger partial charge in [0.1, 0.15) is 11.5 Å². The molecule has 0 bridgehead atoms. The zero-order chi connectivity index (χ0) is 18.5. The van der Waals surface area contributed by atoms with Gasteiger partial charge < -0.3 is 4.42 Å². The summed E-state index contributed by atoms with van der Waals surface area (Å²) in [5.41, 5.74) is 6.87. The van der Waals surface area contributed by atoms with E-state index < -0.39 is 0 Å². The number of nitrogens with zero attached hydrogens (tertiary/aromatic N) is 1. The van der Waals surface area contributed by atoms with Crippen molar-refractivity contribution < 1.29 is 9.21 Å². The Labute approximate surface area is 161 Å². The number of furan rings is 1. The molecule has 1 N–H and O–H groups in total. The largest absolute Gasteiger partial charge is 0.455 e. The maximum Gasteiger partial charge on any atom is 0.244 e. The highest BCUT2D eigenvalue weighted by Crippen LogP contribution is 2.23. The van der Waals surface area contributed by atoms with E-state index in [0.717, 1.165) is 21.4 Å². The van der Waals surface area contributed by atoms with Gasteiger partial charge in [-0.15, -0.1) is 0 Å². The van der Waals surface area contributed by atoms with Crippen molar-refractivity contribution in [1.29, 1.82) is 0 Å². The monoisotopic (exact) mass is 410 g/mol. The Balaban J connectivity index is 1.57. The first-order valence-electron chi connectivity index (χ1n) is 8.25. The molecular weight excluding hydrogens is 392 g/mol. The van der Waals surface area contributed by atoms with Crippen molar-refractivity contribution in [2.45, 2.75) is 20.3 Å². The molecule has 132 valence electrons. The number of hydrogen-bond donors (Lipinski definition) is 1. The quantitative estimate of drug-likeness (QED) is 0.474. The highest BCUT2D eigenvalue weighted by molar-refractivity contribution is 9.10. The summed E-state index contributed by atoms with van der Waals surface area (Å²) in [6, 6.07) is 17.5. The van der Waals surface area contributed by atoms with E-state index >= 15 is 0 Å². The molecule has 2 aromatic carbocycles. The van der Waals surface area contributed by atoms with Gasteiger partial charge in [-0.1, -0.05) is 46.3 Å². The molecule has 0 saturated heterocycles. The number of nitrogens with one attached hydrogen (secondary N) is 1. The van der Waals surface area contributed by atoms with Crippen LogP contribution in [0.4, 0.5) is 0 Å². The number of hydrazone groups is 1. The Morgan fingerprint density at radius 3 is 2.58 bits per heavy atom. The number of aryl methyl sites for hydroxylation is 2. The minimum Gasteiger partial charge on any atom is -0.455 e. The van der Waals surface area contributed by atoms with E-state index in [-0.39, 0.29) is 5.91 Å². The first-order valence-corrected chi connectivity index (χ1v) is 9.04. The minimum absolute atomic E-state index is 0.163. The second-order valence-electron chi connectivity index (χ2n) is 6.10. The van der Waals surface area contributed by atoms with E-state index in [4.69, 9.17) is 4.42 Å². The summed E-state index contributed by atoms with van der Waals surface area (Å²) in [7, 11) is 0. The third-order valence-electron chi connectivity index (χ3n) is 4.07. The molecule has 1 amide bonds. The van der Waals surface area contributed by atoms with Crippen LogP contribution in [0.25, 0.3) is 11.3 Å². The molecule has 0 radical (unpaired) electrons. The Morgan fingerprint density at radius 1 is 1.08 bits per heavy atom. The molecular formula is C21H19BrN2O2. The molecule has 5 heteroatoms. The molecule has 4 nitrogen and oxygen atoms in total. The predicted molar refractivity (Wildman–Crippen MR) is 107 cm³/mol. The second-order valence-corrected chi connectivity index (χ2v) is 7.01. The van der Waals surface area contributed by atoms with Gasteiger partial charge in [0.05, 0.1) is 12.6 Å². The van der Waals surface area contributed by atoms with Gasteiger partial charge in [-0.05, 0) is 54.8 Å². The average molecular weight is 411 g/mol. The van der Waals surface area contributed by atoms with Gasteiger partial charge in [-0.25, -0.2) is 5.43 Å². The van der Waals surface area contributed by atoms with Gasteiger partial charge in [-0.3, -0.25) is 4.79 Å². The lowest BCUT2D eigenvalue weighted by atomic mass is 10.0. The van der Waals surface area contributed by atoms with Crippen LogP contribution < -0.4 is 5.43 Å². The fourth-order valence-electron chi connectivity index (χ4n) is 2.50. The molecule has 0 aliphatic carbocycles. The van der Waals surface area contributed by atoms with Crippen LogP contribution in [0.15, 0.2) is 68.6 Å². The van der Waals surface area contributed by atoms with Crippen molar-refractivity contribution in [1.82, 2.24) is 5.43 Å². The van der Waals surface area contributed by atoms with E-state index in [1.807, 2.05) is 61.5 Å². The Morgan fingerprint density at radius 2 is 1.85 bits per heavy atom. The molecule has 0 fully saturated rings. The summed E-state index contributed by atoms with van der Waals surface area (Å²) in [5.74, 6) is 1.17. The van der Waals surface area contributed by atoms with Crippen LogP contribution in [0.2, 0.25) is 0 Å². The van der Waals surface area contributed by atoms with E-state index in [2.05, 4.69) is 33.4 Å². The van der Waals surface area contributed by atoms with Crippen molar-refractivity contribution in [3.05, 3.63) is 81.5 Å². The summed E-state index contributed by atoms with van der Waals surface area (Å²) >= 11 is 3.41. The third-order valence-corrected chi connectivity index (χ3v) is 4.60. The first kappa shape index (κ1) is 18.1. The molecule has 26 heavy (non-hydrogen) atoms. The number of halogens is 1. The number of amides is 1. The molecule has 0 aliphatic heterocycles. The predicted octanol–water partition coefficient (Wildman–Crippen LogP) is 5.02. The van der Waals surface area contributed by atoms with Crippen LogP contribution in [-0.2, 0) is 11.2 Å². The summed E-state index contributed by atoms with van der Waals surface area (Å²) < 4.78 is 6.74. The maximum absolute atomic E-state index is 12.0. The second kappa shape index (κ2) is 8.15. The number of benzene rings is 2. The van der Waals surface area contributed by atoms with Gasteiger partial charge in [0.2, 0.25) is 5.91 Å². The van der Waals surface area contributed by atoms with E-state index in [1.165, 1.54) is 17.3 Å². The average Bonchev–Trinajstić information content (AvgIpc) is 3.08. The Hall–Kier alpha value is -2.66. The molecule has 0 saturated carbocycles. The van der Waals surface area contributed by atoms with E-state index in [1.54, 1.807) is 0 Å². The number of carbonyl (C=O) groups is 1. The number of carbonyl (C=O) groups excluding carboxylic acids is 1. The van der Waals surface area contributed by atoms with Crippen LogP contribution in [0, 0.1) is 13.8 Å². The number of hydrogen-bond acceptors (Lipinski definition) is 3. The van der Waals surface area contributed by atoms with Crippen molar-refractivity contribution in [3.8, 4) is 11.3 Å². The van der Waals surface area contributed by atoms with Crippen molar-refractivity contribution in [2.75, 3.05) is 0 Å². The topological polar surface area (TPSA) is 54.6 Å². The minimum atomic E-state index is -0.163. The van der Waals surface area contributed by atoms with Crippen LogP contribution in [0.5, 0.6) is 0 Å². The first-order chi connectivity index (χ1) is 12.5. The van der Waals surface area contributed by atoms with Crippen molar-refractivity contribution in [2.24, 2.45) is 5.10 Å². The molecule has 3 rings (SSSR count). The summed E-state index contributed by atoms with van der Waals surface area (Å²) in [4.78, 5) is 12.0. The Kier molecular flexibility index (Phi) is 5.68. The number of rotatable bonds is 5. The van der Waals surface area contributed by atoms with Crippen molar-refractivity contribution in [3.63, 3.8) is 0 Å². The lowest BCUT2D eigenvalue weighted by Gasteiger charge is -2.04. The highest BCUT2D eigenvalue weighted by atomic mass is 79.9. The van der Waals surface area contributed by atoms with Crippen molar-refractivity contribution >= 4 is 28.1 Å². The fraction of sp³-hybridized carbons (Fsp3) is 0.143. The zero-order valence-corrected chi connectivity index (χ0v) is 16.2. The van der Waals surface area contributed by atoms with Gasteiger partial charge in [0, 0.05) is 10.0 Å². The summed E-state index contributed by atoms with van der Waals surface area (Å²) in [5, 5.41) is 3.97. The standard InChI is InChI=1S/C21H19BrN2O2/c1-14-3-4-16(11-15(14)2)12-21(25)24-23-13-19-9-10-20(26-19)17-5-7-18(22)8-6-17/h3-11,13H,12H2,1-2H3,(H,24,25)/b23-13-. The summed E-state index contributed by atoms with van der Waals surface area (Å²) in [6.07, 6.45) is 1.79. The lowest BCUT2D eigenvalue weighted by molar-refractivity contribution is -0.120. The summed E-state index contributed by atoms with van der Waals surface area (Å²) in [6.45, 7) is 4.09. The Bertz CT molecular complexity index is 943. The van der Waals surface area contributed by atoms with Gasteiger partial charge >= 0.3 is 0 Å². The third kappa shape index (κ3) is 4.70. The molecule has 3 aromatic rings. The highest BCUT2D eigenvalue weighted by Gasteiger charge is 2.05. The zero-order valence-electron chi connectivity index (χ0n) is 14.6. The van der Waals surface area contributed by atoms with E-state index in [0.29, 0.717) is 12.2 Å². The lowest BCUT2D eigenvalue weighted by Crippen LogP contribution is -2.19. The van der Waals surface area contributed by atoms with Gasteiger partial charge in [-0.2, -0.15) is 5.10 Å². The molecule has 0 unspecified atom stereocenters. The molecule has 0 spiro atoms. The van der Waals surface area contributed by atoms with Crippen LogP contribution >= 0.6 is 15.9 Å². The van der Waals surface area contributed by atoms with Gasteiger partial charge in [0.15, 0.2) is 0 Å². The van der Waals surface area contributed by atoms with Crippen LogP contribution in [0.3, 0.4) is 0 Å². The van der Waals surface area contributed by atoms with E-state index in [9.17, 15) is 4.79 Å². The fourth-order valence-corrected chi connectivity index (χ4v) is 2.76. The normalized spacial score (nSPS) is 11.0. The maximum atomic E-state index is 12.0. The SMILES string of the molecule is Cc1ccc(CC(=O)N/N=C\c2ccc(-c3ccc(Br)cc3)o2)cc1C. The molecule has 1 aromatic heterocycles. The smallest absolute Gasteiger partial charge is 0.244 e. The van der Waals surface area contributed by atoms with Gasteiger partial charge in [0.25, 0.3) is 0 Å².